The number of carbonyl (C=O) groups is 6. The lowest BCUT2D eigenvalue weighted by Crippen LogP contribution is -2.59. The van der Waals surface area contributed by atoms with Gasteiger partial charge in [-0.1, -0.05) is 26.0 Å². The maximum atomic E-state index is 13.7. The van der Waals surface area contributed by atoms with Crippen molar-refractivity contribution in [3.05, 3.63) is 12.2 Å². The molecule has 0 aromatic heterocycles. The number of carboxylic acids is 1. The Kier molecular flexibility index (Phi) is 20.9. The zero-order chi connectivity index (χ0) is 36.1. The molecule has 16 nitrogen and oxygen atoms in total. The van der Waals surface area contributed by atoms with Crippen LogP contribution < -0.4 is 49.5 Å². The molecule has 274 valence electrons. The smallest absolute Gasteiger partial charge is 0.326 e. The van der Waals surface area contributed by atoms with Gasteiger partial charge >= 0.3 is 5.97 Å². The van der Waals surface area contributed by atoms with Crippen LogP contribution in [-0.2, 0) is 28.8 Å². The number of aliphatic carboxylic acids is 1. The van der Waals surface area contributed by atoms with E-state index in [0.717, 1.165) is 0 Å². The first-order chi connectivity index (χ1) is 22.8. The Balaban J connectivity index is 3.35. The van der Waals surface area contributed by atoms with Gasteiger partial charge in [-0.3, -0.25) is 24.0 Å². The quantitative estimate of drug-likeness (QED) is 0.0559. The van der Waals surface area contributed by atoms with E-state index < -0.39 is 71.8 Å². The molecular weight excluding hydrogens is 622 g/mol. The molecule has 1 heterocycles. The number of carboxylic acid groups (broad SMARTS) is 1. The fourth-order valence-electron chi connectivity index (χ4n) is 5.16. The van der Waals surface area contributed by atoms with Crippen molar-refractivity contribution in [1.82, 2.24) is 26.6 Å². The Morgan fingerprint density at radius 3 is 1.83 bits per heavy atom. The van der Waals surface area contributed by atoms with Crippen molar-refractivity contribution < 1.29 is 33.9 Å². The van der Waals surface area contributed by atoms with Gasteiger partial charge in [0.05, 0.1) is 6.04 Å². The minimum Gasteiger partial charge on any atom is -0.480 e. The molecule has 0 unspecified atom stereocenters. The van der Waals surface area contributed by atoms with E-state index in [4.69, 9.17) is 22.9 Å². The van der Waals surface area contributed by atoms with Gasteiger partial charge in [-0.2, -0.15) is 0 Å². The number of carbonyl (C=O) groups excluding carboxylic acids is 5. The Hall–Kier alpha value is -3.60. The van der Waals surface area contributed by atoms with Crippen LogP contribution in [0.3, 0.4) is 0 Å². The van der Waals surface area contributed by atoms with Crippen LogP contribution in [0, 0.1) is 5.92 Å². The topological polar surface area (TPSA) is 287 Å². The van der Waals surface area contributed by atoms with Crippen molar-refractivity contribution >= 4 is 35.5 Å². The summed E-state index contributed by atoms with van der Waals surface area (Å²) in [5.41, 5.74) is 23.0. The average Bonchev–Trinajstić information content (AvgIpc) is 3.03. The molecule has 0 aliphatic carbocycles. The summed E-state index contributed by atoms with van der Waals surface area (Å²) in [6.45, 7) is 4.82. The SMILES string of the molecule is CC(C)C[C@H](NC(=O)[C@H](CCCCN)NC(=O)[C@@H]1C/C=C/C[C@H](N)C(=O)N[C@@H](CCCCN)C(=O)N[C@@H](CCCCN)C(=O)N1)C(=O)O. The molecule has 0 fully saturated rings. The highest BCUT2D eigenvalue weighted by Crippen LogP contribution is 2.11. The van der Waals surface area contributed by atoms with E-state index in [1.165, 1.54) is 0 Å². The standard InChI is InChI=1S/C32H59N9O7/c1-20(2)19-26(32(47)48)41-31(46)25(15-7-10-18-35)40-29(44)23-12-4-3-11-21(36)27(42)37-22(13-5-8-16-33)28(43)39-24(30(45)38-23)14-6-9-17-34/h3-4,20-26H,5-19,33-36H2,1-2H3,(H,37,42)(H,38,45)(H,39,43)(H,40,44)(H,41,46)(H,47,48)/b4-3+/t21-,22-,23-,24-,25-,26-/m0/s1. The zero-order valence-electron chi connectivity index (χ0n) is 28.5. The van der Waals surface area contributed by atoms with Gasteiger partial charge in [0.25, 0.3) is 0 Å². The first kappa shape index (κ1) is 42.4. The van der Waals surface area contributed by atoms with Crippen molar-refractivity contribution in [1.29, 1.82) is 0 Å². The number of nitrogens with one attached hydrogen (secondary N) is 5. The fraction of sp³-hybridized carbons (Fsp3) is 0.750. The predicted octanol–water partition coefficient (Wildman–Crippen LogP) is -1.39. The van der Waals surface area contributed by atoms with Crippen molar-refractivity contribution in [3.8, 4) is 0 Å². The first-order valence-corrected chi connectivity index (χ1v) is 17.1. The van der Waals surface area contributed by atoms with Crippen LogP contribution in [0.15, 0.2) is 12.2 Å². The number of rotatable bonds is 19. The summed E-state index contributed by atoms with van der Waals surface area (Å²) < 4.78 is 0. The van der Waals surface area contributed by atoms with Crippen LogP contribution in [-0.4, -0.2) is 96.5 Å². The number of unbranched alkanes of at least 4 members (excludes halogenated alkanes) is 3. The van der Waals surface area contributed by atoms with E-state index in [0.29, 0.717) is 58.2 Å². The van der Waals surface area contributed by atoms with E-state index in [1.54, 1.807) is 12.2 Å². The second kappa shape index (κ2) is 23.7. The van der Waals surface area contributed by atoms with Gasteiger partial charge < -0.3 is 54.6 Å². The van der Waals surface area contributed by atoms with Gasteiger partial charge in [-0.05, 0) is 103 Å². The van der Waals surface area contributed by atoms with Gasteiger partial charge in [-0.25, -0.2) is 4.79 Å². The third-order valence-electron chi connectivity index (χ3n) is 7.96. The lowest BCUT2D eigenvalue weighted by Gasteiger charge is -2.27. The van der Waals surface area contributed by atoms with E-state index in [1.807, 2.05) is 13.8 Å². The molecule has 0 radical (unpaired) electrons. The van der Waals surface area contributed by atoms with E-state index in [-0.39, 0.29) is 44.4 Å². The van der Waals surface area contributed by atoms with Crippen LogP contribution >= 0.6 is 0 Å². The summed E-state index contributed by atoms with van der Waals surface area (Å²) in [5.74, 6) is -4.28. The fourth-order valence-corrected chi connectivity index (χ4v) is 5.16. The molecule has 6 atom stereocenters. The molecule has 1 aliphatic rings. The molecule has 5 amide bonds. The van der Waals surface area contributed by atoms with Gasteiger partial charge in [-0.15, -0.1) is 0 Å². The van der Waals surface area contributed by atoms with Crippen LogP contribution in [0.25, 0.3) is 0 Å². The zero-order valence-corrected chi connectivity index (χ0v) is 28.5. The third-order valence-corrected chi connectivity index (χ3v) is 7.96. The van der Waals surface area contributed by atoms with Gasteiger partial charge in [0.15, 0.2) is 0 Å². The van der Waals surface area contributed by atoms with Crippen molar-refractivity contribution in [2.75, 3.05) is 19.6 Å². The summed E-state index contributed by atoms with van der Waals surface area (Å²) in [4.78, 5) is 78.7. The largest absolute Gasteiger partial charge is 0.480 e. The van der Waals surface area contributed by atoms with Crippen molar-refractivity contribution in [2.45, 2.75) is 127 Å². The number of hydrogen-bond acceptors (Lipinski definition) is 10. The molecule has 0 bridgehead atoms. The summed E-state index contributed by atoms with van der Waals surface area (Å²) in [6, 6.07) is -6.40. The highest BCUT2D eigenvalue weighted by Gasteiger charge is 2.32. The Bertz CT molecular complexity index is 1070. The molecule has 1 aliphatic heterocycles. The van der Waals surface area contributed by atoms with Crippen molar-refractivity contribution in [3.63, 3.8) is 0 Å². The molecule has 1 rings (SSSR count). The first-order valence-electron chi connectivity index (χ1n) is 17.1. The predicted molar refractivity (Wildman–Crippen MR) is 182 cm³/mol. The normalized spacial score (nSPS) is 22.8. The molecule has 16 heteroatoms. The molecule has 0 spiro atoms. The highest BCUT2D eigenvalue weighted by atomic mass is 16.4. The monoisotopic (exact) mass is 681 g/mol. The average molecular weight is 682 g/mol. The van der Waals surface area contributed by atoms with Crippen LogP contribution in [0.2, 0.25) is 0 Å². The Morgan fingerprint density at radius 2 is 1.29 bits per heavy atom. The second-order valence-electron chi connectivity index (χ2n) is 12.7. The van der Waals surface area contributed by atoms with E-state index in [9.17, 15) is 33.9 Å². The molecule has 14 N–H and O–H groups in total. The lowest BCUT2D eigenvalue weighted by atomic mass is 10.0. The Morgan fingerprint density at radius 1 is 0.771 bits per heavy atom. The van der Waals surface area contributed by atoms with Gasteiger partial charge in [0.2, 0.25) is 29.5 Å². The summed E-state index contributed by atoms with van der Waals surface area (Å²) in [7, 11) is 0. The van der Waals surface area contributed by atoms with Crippen LogP contribution in [0.1, 0.15) is 90.9 Å². The third kappa shape index (κ3) is 16.5. The van der Waals surface area contributed by atoms with Crippen LogP contribution in [0.5, 0.6) is 0 Å². The molecule has 0 aromatic rings. The molecule has 0 saturated heterocycles. The van der Waals surface area contributed by atoms with Crippen molar-refractivity contribution in [2.24, 2.45) is 28.9 Å². The minimum atomic E-state index is -1.19. The molecular formula is C32H59N9O7. The number of amides is 5. The summed E-state index contributed by atoms with van der Waals surface area (Å²) in [5, 5.41) is 23.0. The maximum Gasteiger partial charge on any atom is 0.326 e. The molecule has 0 saturated carbocycles. The van der Waals surface area contributed by atoms with E-state index in [2.05, 4.69) is 26.6 Å². The van der Waals surface area contributed by atoms with Gasteiger partial charge in [0.1, 0.15) is 30.2 Å². The molecule has 48 heavy (non-hydrogen) atoms. The highest BCUT2D eigenvalue weighted by molar-refractivity contribution is 5.96. The molecule has 0 aromatic carbocycles. The maximum absolute atomic E-state index is 13.7. The van der Waals surface area contributed by atoms with E-state index >= 15 is 0 Å². The van der Waals surface area contributed by atoms with Gasteiger partial charge in [0, 0.05) is 0 Å². The summed E-state index contributed by atoms with van der Waals surface area (Å²) >= 11 is 0. The number of hydrogen-bond donors (Lipinski definition) is 10. The minimum absolute atomic E-state index is 0.0119. The summed E-state index contributed by atoms with van der Waals surface area (Å²) in [6.07, 6.45) is 7.53. The Labute approximate surface area is 283 Å². The van der Waals surface area contributed by atoms with Crippen LogP contribution in [0.4, 0.5) is 0 Å². The number of nitrogens with two attached hydrogens (primary N) is 4. The second-order valence-corrected chi connectivity index (χ2v) is 12.7. The lowest BCUT2D eigenvalue weighted by molar-refractivity contribution is -0.143.